The topological polar surface area (TPSA) is 91.2 Å². The molecule has 1 saturated heterocycles. The number of rotatable bonds is 4. The molecule has 0 aliphatic carbocycles. The van der Waals surface area contributed by atoms with Crippen LogP contribution in [0.4, 0.5) is 0 Å². The summed E-state index contributed by atoms with van der Waals surface area (Å²) in [5.74, 6) is -1.68. The average molecular weight is 312 g/mol. The van der Waals surface area contributed by atoms with E-state index in [0.717, 1.165) is 0 Å². The number of carboxylic acid groups (broad SMARTS) is 1. The molecule has 1 fully saturated rings. The second-order valence-electron chi connectivity index (χ2n) is 4.21. The summed E-state index contributed by atoms with van der Waals surface area (Å²) in [4.78, 5) is 24.0. The van der Waals surface area contributed by atoms with Gasteiger partial charge in [0.05, 0.1) is 30.0 Å². The molecule has 0 N–H and O–H groups in total. The number of carbonyl (C=O) groups is 2. The quantitative estimate of drug-likeness (QED) is 0.246. The predicted molar refractivity (Wildman–Crippen MR) is 69.5 cm³/mol. The minimum Gasteiger partial charge on any atom is -0.543 e. The number of carbonyl (C=O) groups excluding carboxylic acids is 2. The first-order valence-corrected chi connectivity index (χ1v) is 6.69. The maximum Gasteiger partial charge on any atom is 1.00 e. The van der Waals surface area contributed by atoms with Crippen LogP contribution in [0.2, 0.25) is 0 Å². The smallest absolute Gasteiger partial charge is 0.543 e. The Morgan fingerprint density at radius 1 is 1.57 bits per heavy atom. The Morgan fingerprint density at radius 3 is 3.00 bits per heavy atom. The van der Waals surface area contributed by atoms with E-state index in [4.69, 9.17) is 0 Å². The van der Waals surface area contributed by atoms with E-state index in [2.05, 4.69) is 16.9 Å². The van der Waals surface area contributed by atoms with Gasteiger partial charge in [-0.2, -0.15) is 0 Å². The number of allylic oxidation sites excluding steroid dienone is 1. The largest absolute Gasteiger partial charge is 1.00 e. The third kappa shape index (κ3) is 2.71. The molecule has 1 aromatic rings. The summed E-state index contributed by atoms with van der Waals surface area (Å²) in [6.07, 6.45) is 5.00. The molecule has 0 saturated carbocycles. The molecule has 0 radical (unpaired) electrons. The number of thioether (sulfide) groups is 1. The van der Waals surface area contributed by atoms with Gasteiger partial charge >= 0.3 is 29.6 Å². The molecule has 7 nitrogen and oxygen atoms in total. The Kier molecular flexibility index (Phi) is 4.72. The first-order chi connectivity index (χ1) is 9.61. The van der Waals surface area contributed by atoms with Crippen molar-refractivity contribution in [1.29, 1.82) is 0 Å². The van der Waals surface area contributed by atoms with Crippen molar-refractivity contribution < 1.29 is 44.3 Å². The maximum atomic E-state index is 11.9. The molecule has 0 bridgehead atoms. The summed E-state index contributed by atoms with van der Waals surface area (Å²) < 4.78 is 1.59. The number of carboxylic acids is 1. The molecular weight excluding hydrogens is 303 g/mol. The molecule has 0 spiro atoms. The van der Waals surface area contributed by atoms with Crippen LogP contribution in [0, 0.1) is 0 Å². The van der Waals surface area contributed by atoms with E-state index in [0.29, 0.717) is 17.8 Å². The van der Waals surface area contributed by atoms with Crippen molar-refractivity contribution >= 4 is 29.7 Å². The minimum absolute atomic E-state index is 0. The fraction of sp³-hybridized carbons (Fsp3) is 0.167. The number of aliphatic carboxylic acids is 1. The molecule has 1 amide bonds. The van der Waals surface area contributed by atoms with Gasteiger partial charge in [-0.15, -0.1) is 23.4 Å². The van der Waals surface area contributed by atoms with Crippen LogP contribution in [0.3, 0.4) is 0 Å². The summed E-state index contributed by atoms with van der Waals surface area (Å²) >= 11 is 1.26. The summed E-state index contributed by atoms with van der Waals surface area (Å²) in [6.45, 7) is 4.13. The van der Waals surface area contributed by atoms with Crippen molar-refractivity contribution in [2.24, 2.45) is 0 Å². The molecule has 2 aliphatic heterocycles. The van der Waals surface area contributed by atoms with E-state index in [9.17, 15) is 14.7 Å². The fourth-order valence-electron chi connectivity index (χ4n) is 2.02. The number of amides is 1. The van der Waals surface area contributed by atoms with Gasteiger partial charge in [0.1, 0.15) is 11.1 Å². The van der Waals surface area contributed by atoms with Gasteiger partial charge in [-0.25, -0.2) is 4.68 Å². The van der Waals surface area contributed by atoms with Crippen molar-refractivity contribution in [2.75, 3.05) is 0 Å². The van der Waals surface area contributed by atoms with Crippen LogP contribution in [0.1, 0.15) is 5.69 Å². The SMILES string of the molecule is C=CCn1cc(/C=C2\C(=O)N3C(C(=O)[O-])=CS[C@H]23)nn1.[Na+]. The van der Waals surface area contributed by atoms with Gasteiger partial charge < -0.3 is 9.90 Å². The van der Waals surface area contributed by atoms with E-state index < -0.39 is 5.97 Å². The molecule has 3 heterocycles. The number of aromatic nitrogens is 3. The van der Waals surface area contributed by atoms with E-state index >= 15 is 0 Å². The monoisotopic (exact) mass is 312 g/mol. The molecule has 0 aromatic carbocycles. The zero-order chi connectivity index (χ0) is 14.3. The zero-order valence-corrected chi connectivity index (χ0v) is 14.0. The number of hydrogen-bond acceptors (Lipinski definition) is 6. The molecule has 2 aliphatic rings. The van der Waals surface area contributed by atoms with E-state index in [1.54, 1.807) is 23.0 Å². The fourth-order valence-corrected chi connectivity index (χ4v) is 3.13. The van der Waals surface area contributed by atoms with Crippen molar-refractivity contribution in [3.05, 3.63) is 41.2 Å². The standard InChI is InChI=1S/C12H10N4O3S.Na/c1-2-3-15-5-7(13-14-15)4-8-10(17)16-9(12(18)19)6-20-11(8)16;/h2,4-6,11H,1,3H2,(H,18,19);/q;+1/p-1/b8-4+;/t11-;/m1./s1. The van der Waals surface area contributed by atoms with Crippen molar-refractivity contribution in [1.82, 2.24) is 19.9 Å². The Labute approximate surface area is 146 Å². The van der Waals surface area contributed by atoms with Gasteiger partial charge in [0.25, 0.3) is 5.91 Å². The van der Waals surface area contributed by atoms with Crippen LogP contribution in [0.25, 0.3) is 6.08 Å². The Morgan fingerprint density at radius 2 is 2.33 bits per heavy atom. The van der Waals surface area contributed by atoms with Gasteiger partial charge in [0.15, 0.2) is 0 Å². The van der Waals surface area contributed by atoms with E-state index in [1.165, 1.54) is 22.1 Å². The molecule has 0 unspecified atom stereocenters. The second kappa shape index (κ2) is 6.18. The molecule has 102 valence electrons. The molecule has 1 aromatic heterocycles. The Hall–Kier alpha value is -1.35. The normalized spacial score (nSPS) is 21.4. The van der Waals surface area contributed by atoms with Crippen molar-refractivity contribution in [3.8, 4) is 0 Å². The Balaban J connectivity index is 0.00000161. The van der Waals surface area contributed by atoms with Crippen molar-refractivity contribution in [3.63, 3.8) is 0 Å². The predicted octanol–water partition coefficient (Wildman–Crippen LogP) is -3.64. The van der Waals surface area contributed by atoms with Gasteiger partial charge in [-0.1, -0.05) is 11.3 Å². The first kappa shape index (κ1) is 16.0. The zero-order valence-electron chi connectivity index (χ0n) is 11.2. The molecule has 21 heavy (non-hydrogen) atoms. The third-order valence-electron chi connectivity index (χ3n) is 2.92. The summed E-state index contributed by atoms with van der Waals surface area (Å²) in [7, 11) is 0. The number of nitrogens with zero attached hydrogens (tertiary/aromatic N) is 4. The molecule has 3 rings (SSSR count). The van der Waals surface area contributed by atoms with Crippen LogP contribution in [-0.4, -0.2) is 37.1 Å². The summed E-state index contributed by atoms with van der Waals surface area (Å²) in [5, 5.41) is 19.7. The van der Waals surface area contributed by atoms with Crippen LogP contribution in [0.5, 0.6) is 0 Å². The van der Waals surface area contributed by atoms with Crippen molar-refractivity contribution in [2.45, 2.75) is 11.9 Å². The number of fused-ring (bicyclic) bond motifs is 1. The molecule has 1 atom stereocenters. The molecular formula is C12H9N4NaO3S. The van der Waals surface area contributed by atoms with E-state index in [1.807, 2.05) is 0 Å². The minimum atomic E-state index is -1.34. The summed E-state index contributed by atoms with van der Waals surface area (Å²) in [5.41, 5.74) is 0.975. The summed E-state index contributed by atoms with van der Waals surface area (Å²) in [6, 6.07) is 0. The average Bonchev–Trinajstić information content (AvgIpc) is 3.00. The van der Waals surface area contributed by atoms with Gasteiger partial charge in [0.2, 0.25) is 0 Å². The van der Waals surface area contributed by atoms with Crippen LogP contribution >= 0.6 is 11.8 Å². The van der Waals surface area contributed by atoms with Crippen LogP contribution in [-0.2, 0) is 16.1 Å². The van der Waals surface area contributed by atoms with Crippen LogP contribution < -0.4 is 34.7 Å². The van der Waals surface area contributed by atoms with Gasteiger partial charge in [-0.05, 0) is 11.5 Å². The third-order valence-corrected chi connectivity index (χ3v) is 4.00. The first-order valence-electron chi connectivity index (χ1n) is 5.75. The number of β-lactam (4-membered cyclic amide) rings is 1. The maximum absolute atomic E-state index is 11.9. The van der Waals surface area contributed by atoms with Gasteiger partial charge in [0, 0.05) is 0 Å². The van der Waals surface area contributed by atoms with Gasteiger partial charge in [-0.3, -0.25) is 9.69 Å². The number of hydrogen-bond donors (Lipinski definition) is 0. The Bertz CT molecular complexity index is 682. The molecule has 9 heteroatoms. The second-order valence-corrected chi connectivity index (χ2v) is 5.16. The van der Waals surface area contributed by atoms with E-state index in [-0.39, 0.29) is 46.5 Å². The van der Waals surface area contributed by atoms with Crippen LogP contribution in [0.15, 0.2) is 35.5 Å².